The predicted molar refractivity (Wildman–Crippen MR) is 86.6 cm³/mol. The summed E-state index contributed by atoms with van der Waals surface area (Å²) in [5, 5.41) is 29.8. The third kappa shape index (κ3) is 5.39. The van der Waals surface area contributed by atoms with Gasteiger partial charge in [-0.3, -0.25) is 20.2 Å². The summed E-state index contributed by atoms with van der Waals surface area (Å²) in [6.45, 7) is 6.26. The third-order valence-electron chi connectivity index (χ3n) is 2.96. The van der Waals surface area contributed by atoms with E-state index in [-0.39, 0.29) is 16.8 Å². The number of phenols is 1. The van der Waals surface area contributed by atoms with E-state index in [1.54, 1.807) is 6.07 Å². The highest BCUT2D eigenvalue weighted by Gasteiger charge is 2.16. The molecule has 0 heterocycles. The van der Waals surface area contributed by atoms with Crippen LogP contribution in [0.25, 0.3) is 0 Å². The second-order valence-electron chi connectivity index (χ2n) is 5.80. The summed E-state index contributed by atoms with van der Waals surface area (Å²) in [5.74, 6) is 0.389. The molecule has 2 aromatic rings. The first-order chi connectivity index (χ1) is 10.6. The van der Waals surface area contributed by atoms with E-state index in [0.29, 0.717) is 5.75 Å². The summed E-state index contributed by atoms with van der Waals surface area (Å²) in [4.78, 5) is 19.0. The van der Waals surface area contributed by atoms with Crippen LogP contribution in [0, 0.1) is 20.2 Å². The van der Waals surface area contributed by atoms with Gasteiger partial charge in [0.15, 0.2) is 0 Å². The van der Waals surface area contributed by atoms with Crippen LogP contribution in [0.2, 0.25) is 0 Å². The molecule has 122 valence electrons. The maximum absolute atomic E-state index is 10.2. The van der Waals surface area contributed by atoms with Gasteiger partial charge in [-0.15, -0.1) is 0 Å². The van der Waals surface area contributed by atoms with Crippen molar-refractivity contribution >= 4 is 11.4 Å². The number of hydrogen-bond acceptors (Lipinski definition) is 5. The summed E-state index contributed by atoms with van der Waals surface area (Å²) in [6.07, 6.45) is 0. The number of nitro groups is 2. The van der Waals surface area contributed by atoms with Crippen molar-refractivity contribution in [3.63, 3.8) is 0 Å². The van der Waals surface area contributed by atoms with E-state index in [4.69, 9.17) is 0 Å². The third-order valence-corrected chi connectivity index (χ3v) is 2.96. The maximum Gasteiger partial charge on any atom is 0.276 e. The number of nitrogens with zero attached hydrogens (tertiary/aromatic N) is 2. The lowest BCUT2D eigenvalue weighted by molar-refractivity contribution is -0.394. The molecule has 23 heavy (non-hydrogen) atoms. The van der Waals surface area contributed by atoms with Crippen LogP contribution in [-0.4, -0.2) is 15.0 Å². The number of hydrogen-bond donors (Lipinski definition) is 1. The normalized spacial score (nSPS) is 10.4. The topological polar surface area (TPSA) is 107 Å². The fraction of sp³-hybridized carbons (Fsp3) is 0.250. The van der Waals surface area contributed by atoms with Crippen LogP contribution in [0.3, 0.4) is 0 Å². The molecule has 0 saturated carbocycles. The van der Waals surface area contributed by atoms with Crippen molar-refractivity contribution in [2.75, 3.05) is 0 Å². The molecule has 0 saturated heterocycles. The van der Waals surface area contributed by atoms with E-state index in [1.807, 2.05) is 18.2 Å². The molecule has 0 aliphatic rings. The van der Waals surface area contributed by atoms with E-state index in [0.717, 1.165) is 11.6 Å². The van der Waals surface area contributed by atoms with Gasteiger partial charge in [-0.1, -0.05) is 39.0 Å². The van der Waals surface area contributed by atoms with E-state index < -0.39 is 9.85 Å². The minimum Gasteiger partial charge on any atom is -0.508 e. The Morgan fingerprint density at radius 2 is 1.35 bits per heavy atom. The van der Waals surface area contributed by atoms with Gasteiger partial charge in [0, 0.05) is 12.1 Å². The minimum absolute atomic E-state index is 0.0331. The van der Waals surface area contributed by atoms with Gasteiger partial charge in [-0.25, -0.2) is 0 Å². The number of benzene rings is 2. The molecule has 0 amide bonds. The first kappa shape index (κ1) is 18.1. The molecule has 0 aromatic heterocycles. The number of non-ortho nitro benzene ring substituents is 2. The van der Waals surface area contributed by atoms with Gasteiger partial charge in [0.1, 0.15) is 5.75 Å². The Morgan fingerprint density at radius 1 is 0.870 bits per heavy atom. The quantitative estimate of drug-likeness (QED) is 0.660. The van der Waals surface area contributed by atoms with Crippen LogP contribution >= 0.6 is 0 Å². The summed E-state index contributed by atoms with van der Waals surface area (Å²) >= 11 is 0. The minimum atomic E-state index is -0.674. The molecule has 2 aromatic carbocycles. The van der Waals surface area contributed by atoms with Crippen LogP contribution in [-0.2, 0) is 5.41 Å². The largest absolute Gasteiger partial charge is 0.508 e. The molecule has 0 fully saturated rings. The molecule has 0 radical (unpaired) electrons. The Kier molecular flexibility index (Phi) is 5.78. The van der Waals surface area contributed by atoms with Gasteiger partial charge < -0.3 is 5.11 Å². The van der Waals surface area contributed by atoms with E-state index in [2.05, 4.69) is 20.8 Å². The zero-order chi connectivity index (χ0) is 17.6. The van der Waals surface area contributed by atoms with Gasteiger partial charge >= 0.3 is 0 Å². The zero-order valence-corrected chi connectivity index (χ0v) is 13.1. The highest BCUT2D eigenvalue weighted by atomic mass is 16.6. The number of para-hydroxylation sites is 1. The van der Waals surface area contributed by atoms with Crippen LogP contribution < -0.4 is 0 Å². The van der Waals surface area contributed by atoms with Gasteiger partial charge in [-0.2, -0.15) is 0 Å². The summed E-state index contributed by atoms with van der Waals surface area (Å²) in [6, 6.07) is 12.1. The van der Waals surface area contributed by atoms with Gasteiger partial charge in [-0.05, 0) is 23.1 Å². The molecule has 0 bridgehead atoms. The Hall–Kier alpha value is -2.96. The smallest absolute Gasteiger partial charge is 0.276 e. The molecular weight excluding hydrogens is 300 g/mol. The highest BCUT2D eigenvalue weighted by molar-refractivity contribution is 5.42. The van der Waals surface area contributed by atoms with Gasteiger partial charge in [0.2, 0.25) is 0 Å². The van der Waals surface area contributed by atoms with E-state index >= 15 is 0 Å². The van der Waals surface area contributed by atoms with Crippen molar-refractivity contribution in [1.82, 2.24) is 0 Å². The maximum atomic E-state index is 10.2. The van der Waals surface area contributed by atoms with Crippen molar-refractivity contribution in [2.45, 2.75) is 26.2 Å². The number of aromatic hydroxyl groups is 1. The average Bonchev–Trinajstić information content (AvgIpc) is 2.47. The first-order valence-corrected chi connectivity index (χ1v) is 6.80. The summed E-state index contributed by atoms with van der Waals surface area (Å²) < 4.78 is 0. The van der Waals surface area contributed by atoms with Crippen molar-refractivity contribution in [3.05, 3.63) is 74.3 Å². The lowest BCUT2D eigenvalue weighted by Gasteiger charge is -2.19. The Morgan fingerprint density at radius 3 is 1.70 bits per heavy atom. The van der Waals surface area contributed by atoms with Crippen LogP contribution in [0.4, 0.5) is 11.4 Å². The van der Waals surface area contributed by atoms with E-state index in [1.165, 1.54) is 18.2 Å². The Bertz CT molecular complexity index is 678. The van der Waals surface area contributed by atoms with E-state index in [9.17, 15) is 25.3 Å². The molecule has 7 heteroatoms. The molecule has 0 spiro atoms. The van der Waals surface area contributed by atoms with Crippen LogP contribution in [0.1, 0.15) is 26.3 Å². The SMILES string of the molecule is CC(C)(C)c1ccccc1O.O=[N+]([O-])c1cccc([N+](=O)[O-])c1. The molecule has 0 aliphatic carbocycles. The zero-order valence-electron chi connectivity index (χ0n) is 13.1. The molecular formula is C16H18N2O5. The fourth-order valence-corrected chi connectivity index (χ4v) is 1.83. The van der Waals surface area contributed by atoms with Crippen molar-refractivity contribution in [1.29, 1.82) is 0 Å². The lowest BCUT2D eigenvalue weighted by Crippen LogP contribution is -2.10. The molecule has 7 nitrogen and oxygen atoms in total. The monoisotopic (exact) mass is 318 g/mol. The molecule has 0 atom stereocenters. The first-order valence-electron chi connectivity index (χ1n) is 6.80. The standard InChI is InChI=1S/C10H14O.C6H4N2O4/c1-10(2,3)8-6-4-5-7-9(8)11;9-7(10)5-2-1-3-6(4-5)8(11)12/h4-7,11H,1-3H3;1-4H. The number of phenolic OH excluding ortho intramolecular Hbond substituents is 1. The second-order valence-corrected chi connectivity index (χ2v) is 5.80. The number of nitro benzene ring substituents is 2. The second kappa shape index (κ2) is 7.35. The Labute approximate surface area is 133 Å². The Balaban J connectivity index is 0.000000231. The van der Waals surface area contributed by atoms with Gasteiger partial charge in [0.25, 0.3) is 11.4 Å². The van der Waals surface area contributed by atoms with Gasteiger partial charge in [0.05, 0.1) is 15.9 Å². The fourth-order valence-electron chi connectivity index (χ4n) is 1.83. The molecule has 1 N–H and O–H groups in total. The molecule has 0 unspecified atom stereocenters. The van der Waals surface area contributed by atoms with Crippen LogP contribution in [0.15, 0.2) is 48.5 Å². The summed E-state index contributed by atoms with van der Waals surface area (Å²) in [5.41, 5.74) is 0.485. The van der Waals surface area contributed by atoms with Crippen molar-refractivity contribution < 1.29 is 15.0 Å². The lowest BCUT2D eigenvalue weighted by atomic mass is 9.86. The molecule has 2 rings (SSSR count). The van der Waals surface area contributed by atoms with Crippen molar-refractivity contribution in [2.24, 2.45) is 0 Å². The highest BCUT2D eigenvalue weighted by Crippen LogP contribution is 2.29. The molecule has 0 aliphatic heterocycles. The van der Waals surface area contributed by atoms with Crippen molar-refractivity contribution in [3.8, 4) is 5.75 Å². The van der Waals surface area contributed by atoms with Crippen LogP contribution in [0.5, 0.6) is 5.75 Å². The number of rotatable bonds is 2. The average molecular weight is 318 g/mol. The predicted octanol–water partition coefficient (Wildman–Crippen LogP) is 4.19. The summed E-state index contributed by atoms with van der Waals surface area (Å²) in [7, 11) is 0.